The van der Waals surface area contributed by atoms with Crippen LogP contribution in [0.5, 0.6) is 0 Å². The summed E-state index contributed by atoms with van der Waals surface area (Å²) in [5.74, 6) is -2.79. The highest BCUT2D eigenvalue weighted by Crippen LogP contribution is 2.41. The predicted molar refractivity (Wildman–Crippen MR) is 189 cm³/mol. The Morgan fingerprint density at radius 2 is 1.46 bits per heavy atom. The van der Waals surface area contributed by atoms with E-state index in [4.69, 9.17) is 31.2 Å². The summed E-state index contributed by atoms with van der Waals surface area (Å²) in [6, 6.07) is 0. The molecule has 0 bridgehead atoms. The average Bonchev–Trinajstić information content (AvgIpc) is 3.02. The molecule has 0 rings (SSSR count). The van der Waals surface area contributed by atoms with Crippen LogP contribution in [0.3, 0.4) is 0 Å². The van der Waals surface area contributed by atoms with Crippen molar-refractivity contribution in [2.45, 2.75) is 60.3 Å². The van der Waals surface area contributed by atoms with Crippen LogP contribution in [0, 0.1) is 22.7 Å². The maximum absolute atomic E-state index is 12.4. The van der Waals surface area contributed by atoms with E-state index in [0.717, 1.165) is 11.5 Å². The number of rotatable bonds is 26. The molecule has 0 spiro atoms. The van der Waals surface area contributed by atoms with Gasteiger partial charge in [-0.25, -0.2) is 0 Å². The number of nitrogens with zero attached hydrogens (tertiary/aromatic N) is 1. The zero-order valence-electron chi connectivity index (χ0n) is 29.4. The summed E-state index contributed by atoms with van der Waals surface area (Å²) < 4.78 is 10.5. The van der Waals surface area contributed by atoms with Crippen molar-refractivity contribution in [3.05, 3.63) is 0 Å². The van der Waals surface area contributed by atoms with Crippen molar-refractivity contribution >= 4 is 64.8 Å². The van der Waals surface area contributed by atoms with Crippen molar-refractivity contribution in [3.63, 3.8) is 0 Å². The molecule has 278 valence electrons. The summed E-state index contributed by atoms with van der Waals surface area (Å²) in [6.45, 7) is 11.3. The largest absolute Gasteiger partial charge is 0.481 e. The van der Waals surface area contributed by atoms with Crippen LogP contribution in [0.15, 0.2) is 4.99 Å². The van der Waals surface area contributed by atoms with Gasteiger partial charge in [-0.3, -0.25) is 33.8 Å². The normalized spacial score (nSPS) is 15.0. The minimum absolute atomic E-state index is 0.0113. The number of aliphatic imine (C=N–C) groups is 1. The molecule has 8 N–H and O–H groups in total. The van der Waals surface area contributed by atoms with E-state index in [1.54, 1.807) is 32.7 Å². The van der Waals surface area contributed by atoms with Gasteiger partial charge >= 0.3 is 11.9 Å². The molecular weight excluding hydrogens is 667 g/mol. The number of carbonyl (C=O) groups is 6. The average molecular weight is 724 g/mol. The van der Waals surface area contributed by atoms with Gasteiger partial charge in [0.2, 0.25) is 17.7 Å². The first-order valence-electron chi connectivity index (χ1n) is 15.8. The van der Waals surface area contributed by atoms with E-state index in [1.165, 1.54) is 25.7 Å². The molecular formula is C31H57N5O10S2. The number of primary amides is 2. The fourth-order valence-electron chi connectivity index (χ4n) is 4.54. The first kappa shape index (κ1) is 47.2. The molecule has 15 nitrogen and oxygen atoms in total. The second-order valence-corrected chi connectivity index (χ2v) is 13.8. The number of hydrogen-bond donors (Lipinski definition) is 6. The van der Waals surface area contributed by atoms with Crippen LogP contribution in [0.1, 0.15) is 60.3 Å². The third-order valence-electron chi connectivity index (χ3n) is 7.24. The van der Waals surface area contributed by atoms with Gasteiger partial charge in [0.15, 0.2) is 0 Å². The van der Waals surface area contributed by atoms with Crippen molar-refractivity contribution in [2.75, 3.05) is 70.1 Å². The first-order chi connectivity index (χ1) is 22.4. The molecule has 0 aromatic rings. The van der Waals surface area contributed by atoms with Gasteiger partial charge in [0.25, 0.3) is 5.91 Å². The number of thioether (sulfide) groups is 2. The number of carbonyl (C=O) groups excluding carboxylic acids is 4. The van der Waals surface area contributed by atoms with Crippen molar-refractivity contribution in [1.82, 2.24) is 10.6 Å². The van der Waals surface area contributed by atoms with Crippen LogP contribution in [0.2, 0.25) is 0 Å². The van der Waals surface area contributed by atoms with Crippen LogP contribution >= 0.6 is 23.5 Å². The maximum atomic E-state index is 12.4. The Balaban J connectivity index is 0. The second-order valence-electron chi connectivity index (χ2n) is 11.6. The molecule has 4 atom stereocenters. The van der Waals surface area contributed by atoms with Crippen LogP contribution in [-0.2, 0) is 38.2 Å². The number of hydrogen-bond acceptors (Lipinski definition) is 11. The van der Waals surface area contributed by atoms with Crippen molar-refractivity contribution < 1.29 is 48.5 Å². The highest BCUT2D eigenvalue weighted by Gasteiger charge is 2.44. The number of carboxylic acids is 2. The fourth-order valence-corrected chi connectivity index (χ4v) is 6.40. The molecule has 48 heavy (non-hydrogen) atoms. The van der Waals surface area contributed by atoms with Gasteiger partial charge < -0.3 is 41.8 Å². The quantitative estimate of drug-likeness (QED) is 0.0548. The number of carboxylic acid groups (broad SMARTS) is 2. The Bertz CT molecular complexity index is 1060. The molecule has 0 fully saturated rings. The monoisotopic (exact) mass is 723 g/mol. The Kier molecular flexibility index (Phi) is 25.6. The van der Waals surface area contributed by atoms with Crippen molar-refractivity contribution in [2.24, 2.45) is 39.1 Å². The fraction of sp³-hybridized carbons (Fsp3) is 0.774. The first-order valence-corrected chi connectivity index (χ1v) is 18.1. The molecule has 0 radical (unpaired) electrons. The highest BCUT2D eigenvalue weighted by molar-refractivity contribution is 8.00. The molecule has 4 unspecified atom stereocenters. The molecule has 0 aromatic heterocycles. The molecule has 0 aliphatic rings. The van der Waals surface area contributed by atoms with E-state index in [0.29, 0.717) is 43.6 Å². The molecule has 0 aliphatic heterocycles. The van der Waals surface area contributed by atoms with E-state index in [2.05, 4.69) is 15.6 Å². The van der Waals surface area contributed by atoms with Crippen LogP contribution < -0.4 is 22.1 Å². The predicted octanol–water partition coefficient (Wildman–Crippen LogP) is 1.41. The Labute approximate surface area is 292 Å². The summed E-state index contributed by atoms with van der Waals surface area (Å²) in [5.41, 5.74) is 9.20. The van der Waals surface area contributed by atoms with Gasteiger partial charge in [-0.05, 0) is 40.0 Å². The van der Waals surface area contributed by atoms with Crippen LogP contribution in [0.25, 0.3) is 0 Å². The van der Waals surface area contributed by atoms with Gasteiger partial charge in [0.05, 0.1) is 37.0 Å². The number of ether oxygens (including phenoxy) is 2. The second kappa shape index (κ2) is 26.0. The Morgan fingerprint density at radius 3 is 1.90 bits per heavy atom. The lowest BCUT2D eigenvalue weighted by Gasteiger charge is -2.37. The van der Waals surface area contributed by atoms with Crippen LogP contribution in [0.4, 0.5) is 0 Å². The third-order valence-corrected chi connectivity index (χ3v) is 9.47. The van der Waals surface area contributed by atoms with Crippen molar-refractivity contribution in [3.8, 4) is 0 Å². The molecule has 0 aliphatic carbocycles. The topological polar surface area (TPSA) is 250 Å². The number of aliphatic carboxylic acids is 2. The summed E-state index contributed by atoms with van der Waals surface area (Å²) in [4.78, 5) is 73.5. The summed E-state index contributed by atoms with van der Waals surface area (Å²) in [5, 5.41) is 23.0. The van der Waals surface area contributed by atoms with E-state index in [-0.39, 0.29) is 44.0 Å². The van der Waals surface area contributed by atoms with E-state index >= 15 is 0 Å². The van der Waals surface area contributed by atoms with Crippen LogP contribution in [-0.4, -0.2) is 122 Å². The Hall–Kier alpha value is -2.89. The van der Waals surface area contributed by atoms with Gasteiger partial charge in [0, 0.05) is 62.2 Å². The summed E-state index contributed by atoms with van der Waals surface area (Å²) in [7, 11) is 3.05. The lowest BCUT2D eigenvalue weighted by atomic mass is 9.69. The molecule has 0 heterocycles. The van der Waals surface area contributed by atoms with E-state index in [1.807, 2.05) is 13.8 Å². The molecule has 0 saturated carbocycles. The van der Waals surface area contributed by atoms with Gasteiger partial charge in [0.1, 0.15) is 5.71 Å². The molecule has 0 aromatic carbocycles. The molecule has 4 amide bonds. The standard InChI is InChI=1S/C17H32N2O5S.C14H25N3O5S/c1-6-24-7-8-25-11-17(4,15(23)19-5)10-16(3,14(18)22)9-12(2)13(20)21;1-3-22-6-7-23-9-11(14(21)16-2)17-8-10(13(15)20)4-5-12(18)19/h12H,6-11H2,1-5H3,(H2,18,22)(H,19,23)(H,20,21);10H,3-9H2,1-2H3,(H2,15,20)(H,16,21)(H,18,19). The number of amides is 4. The summed E-state index contributed by atoms with van der Waals surface area (Å²) in [6.07, 6.45) is 0.219. The van der Waals surface area contributed by atoms with Gasteiger partial charge in [-0.1, -0.05) is 13.8 Å². The van der Waals surface area contributed by atoms with Gasteiger partial charge in [-0.2, -0.15) is 23.5 Å². The zero-order valence-corrected chi connectivity index (χ0v) is 31.1. The Morgan fingerprint density at radius 1 is 0.896 bits per heavy atom. The number of nitrogens with two attached hydrogens (primary N) is 2. The van der Waals surface area contributed by atoms with E-state index < -0.39 is 46.4 Å². The van der Waals surface area contributed by atoms with E-state index in [9.17, 15) is 28.8 Å². The third kappa shape index (κ3) is 20.5. The zero-order chi connectivity index (χ0) is 37.3. The highest BCUT2D eigenvalue weighted by atomic mass is 32.2. The maximum Gasteiger partial charge on any atom is 0.306 e. The molecule has 17 heteroatoms. The summed E-state index contributed by atoms with van der Waals surface area (Å²) >= 11 is 3.06. The minimum Gasteiger partial charge on any atom is -0.481 e. The lowest BCUT2D eigenvalue weighted by Crippen LogP contribution is -2.47. The minimum atomic E-state index is -1.08. The SMILES string of the molecule is CCOCCSCC(=NCC(CCC(=O)O)C(N)=O)C(=O)NC.CCOCCSCC(C)(CC(C)(CC(C)C(=O)O)C(N)=O)C(=O)NC. The molecule has 0 saturated heterocycles. The van der Waals surface area contributed by atoms with Crippen molar-refractivity contribution in [1.29, 1.82) is 0 Å². The van der Waals surface area contributed by atoms with Gasteiger partial charge in [-0.15, -0.1) is 0 Å². The smallest absolute Gasteiger partial charge is 0.306 e. The lowest BCUT2D eigenvalue weighted by molar-refractivity contribution is -0.144. The number of nitrogens with one attached hydrogen (secondary N) is 2.